The van der Waals surface area contributed by atoms with Crippen molar-refractivity contribution in [3.05, 3.63) is 34.3 Å². The zero-order valence-corrected chi connectivity index (χ0v) is 27.7. The normalized spacial score (nSPS) is 31.7. The van der Waals surface area contributed by atoms with Crippen LogP contribution in [0.25, 0.3) is 0 Å². The number of likely N-dealkylation sites (tertiary alicyclic amines) is 1. The van der Waals surface area contributed by atoms with Crippen LogP contribution in [-0.4, -0.2) is 60.4 Å². The molecule has 3 aliphatic carbocycles. The van der Waals surface area contributed by atoms with Crippen molar-refractivity contribution in [2.45, 2.75) is 104 Å². The number of Topliss-reactive ketones (excluding diaryl/α,β-unsaturated/α-hetero) is 1. The first-order valence-electron chi connectivity index (χ1n) is 15.8. The minimum absolute atomic E-state index is 0.0278. The molecule has 1 aromatic carbocycles. The fraction of sp³-hybridized carbons (Fsp3) is 0.706. The Morgan fingerprint density at radius 1 is 1.02 bits per heavy atom. The molecule has 8 atom stereocenters. The molecule has 1 amide bonds. The van der Waals surface area contributed by atoms with Crippen molar-refractivity contribution in [1.82, 2.24) is 4.90 Å². The minimum Gasteiger partial charge on any atom is -0.469 e. The van der Waals surface area contributed by atoms with Gasteiger partial charge in [-0.1, -0.05) is 62.2 Å². The van der Waals surface area contributed by atoms with Gasteiger partial charge >= 0.3 is 11.9 Å². The second-order valence-corrected chi connectivity index (χ2v) is 15.3. The van der Waals surface area contributed by atoms with E-state index in [9.17, 15) is 19.2 Å². The van der Waals surface area contributed by atoms with Gasteiger partial charge in [-0.15, -0.1) is 0 Å². The lowest BCUT2D eigenvalue weighted by atomic mass is 9.77. The van der Waals surface area contributed by atoms with Crippen LogP contribution in [0.3, 0.4) is 0 Å². The number of rotatable bonds is 12. The standard InChI is InChI=1S/C34H46BrNO7/c1-6-23-16-34(23,32(40)41-5)17-29(37)28-14-26(42-19-20-7-9-24(35)10-8-20)18-36(28)31(39)27(33(2,3)4)15-30(38)43-25-12-21-11-22(21)13-25/h7-10,21-23,25-28H,6,11-19H2,1-5H3/t21-,22+,23-,25?,26-,27-,28+,34-/m1/s1. The summed E-state index contributed by atoms with van der Waals surface area (Å²) in [7, 11) is 1.36. The van der Waals surface area contributed by atoms with Crippen LogP contribution in [0.4, 0.5) is 0 Å². The van der Waals surface area contributed by atoms with Gasteiger partial charge < -0.3 is 19.1 Å². The molecule has 4 fully saturated rings. The smallest absolute Gasteiger partial charge is 0.312 e. The van der Waals surface area contributed by atoms with Crippen LogP contribution in [0.1, 0.15) is 84.6 Å². The highest BCUT2D eigenvalue weighted by atomic mass is 79.9. The number of ketones is 1. The number of hydrogen-bond acceptors (Lipinski definition) is 7. The summed E-state index contributed by atoms with van der Waals surface area (Å²) < 4.78 is 18.2. The molecule has 5 rings (SSSR count). The van der Waals surface area contributed by atoms with Crippen molar-refractivity contribution >= 4 is 39.6 Å². The summed E-state index contributed by atoms with van der Waals surface area (Å²) in [6.45, 7) is 8.46. The molecule has 43 heavy (non-hydrogen) atoms. The van der Waals surface area contributed by atoms with Crippen molar-refractivity contribution < 1.29 is 33.4 Å². The summed E-state index contributed by atoms with van der Waals surface area (Å²) in [5.74, 6) is -0.268. The van der Waals surface area contributed by atoms with Gasteiger partial charge in [-0.05, 0) is 66.5 Å². The van der Waals surface area contributed by atoms with E-state index in [1.807, 2.05) is 52.0 Å². The molecular formula is C34H46BrNO7. The molecule has 9 heteroatoms. The predicted molar refractivity (Wildman–Crippen MR) is 164 cm³/mol. The van der Waals surface area contributed by atoms with Crippen molar-refractivity contribution in [2.24, 2.45) is 34.5 Å². The summed E-state index contributed by atoms with van der Waals surface area (Å²) in [6.07, 6.45) is 4.44. The number of benzene rings is 1. The van der Waals surface area contributed by atoms with Gasteiger partial charge in [-0.25, -0.2) is 0 Å². The van der Waals surface area contributed by atoms with Gasteiger partial charge in [0.05, 0.1) is 43.6 Å². The van der Waals surface area contributed by atoms with Gasteiger partial charge in [0.2, 0.25) is 5.91 Å². The fourth-order valence-electron chi connectivity index (χ4n) is 7.47. The summed E-state index contributed by atoms with van der Waals surface area (Å²) in [4.78, 5) is 55.7. The van der Waals surface area contributed by atoms with E-state index < -0.39 is 22.8 Å². The molecule has 1 saturated heterocycles. The van der Waals surface area contributed by atoms with Gasteiger partial charge in [0.15, 0.2) is 5.78 Å². The fourth-order valence-corrected chi connectivity index (χ4v) is 7.73. The molecular weight excluding hydrogens is 614 g/mol. The topological polar surface area (TPSA) is 99.2 Å². The van der Waals surface area contributed by atoms with E-state index in [1.165, 1.54) is 13.5 Å². The third-order valence-electron chi connectivity index (χ3n) is 10.3. The molecule has 0 aromatic heterocycles. The first kappa shape index (κ1) is 32.1. The summed E-state index contributed by atoms with van der Waals surface area (Å²) in [5.41, 5.74) is -0.361. The van der Waals surface area contributed by atoms with E-state index in [1.54, 1.807) is 4.90 Å². The number of ether oxygens (including phenoxy) is 3. The highest BCUT2D eigenvalue weighted by Crippen LogP contribution is 2.58. The second kappa shape index (κ2) is 12.6. The molecule has 1 heterocycles. The number of halogens is 1. The van der Waals surface area contributed by atoms with E-state index in [4.69, 9.17) is 14.2 Å². The zero-order chi connectivity index (χ0) is 31.1. The van der Waals surface area contributed by atoms with E-state index in [0.29, 0.717) is 31.3 Å². The average Bonchev–Trinajstić information content (AvgIpc) is 3.76. The Kier molecular flexibility index (Phi) is 9.44. The van der Waals surface area contributed by atoms with E-state index in [2.05, 4.69) is 15.9 Å². The monoisotopic (exact) mass is 659 g/mol. The molecule has 1 aliphatic heterocycles. The summed E-state index contributed by atoms with van der Waals surface area (Å²) in [5, 5.41) is 0. The van der Waals surface area contributed by atoms with Crippen LogP contribution >= 0.6 is 15.9 Å². The average molecular weight is 661 g/mol. The number of nitrogens with zero attached hydrogens (tertiary/aromatic N) is 1. The number of hydrogen-bond donors (Lipinski definition) is 0. The maximum Gasteiger partial charge on any atom is 0.312 e. The number of esters is 2. The molecule has 0 bridgehead atoms. The molecule has 3 saturated carbocycles. The van der Waals surface area contributed by atoms with E-state index in [0.717, 1.165) is 29.3 Å². The highest BCUT2D eigenvalue weighted by Gasteiger charge is 2.61. The second-order valence-electron chi connectivity index (χ2n) is 14.4. The first-order valence-corrected chi connectivity index (χ1v) is 16.6. The van der Waals surface area contributed by atoms with E-state index in [-0.39, 0.29) is 61.1 Å². The third-order valence-corrected chi connectivity index (χ3v) is 10.9. The molecule has 236 valence electrons. The molecule has 4 aliphatic rings. The lowest BCUT2D eigenvalue weighted by Crippen LogP contribution is -2.48. The Morgan fingerprint density at radius 2 is 1.70 bits per heavy atom. The van der Waals surface area contributed by atoms with Crippen molar-refractivity contribution in [3.8, 4) is 0 Å². The van der Waals surface area contributed by atoms with Crippen LogP contribution in [0, 0.1) is 34.5 Å². The Labute approximate surface area is 263 Å². The van der Waals surface area contributed by atoms with Crippen LogP contribution < -0.4 is 0 Å². The third kappa shape index (κ3) is 7.19. The van der Waals surface area contributed by atoms with Crippen LogP contribution in [-0.2, 0) is 40.0 Å². The summed E-state index contributed by atoms with van der Waals surface area (Å²) in [6, 6.07) is 7.10. The minimum atomic E-state index is -0.819. The first-order chi connectivity index (χ1) is 20.3. The Balaban J connectivity index is 1.32. The lowest BCUT2D eigenvalue weighted by molar-refractivity contribution is -0.157. The SMILES string of the molecule is CC[C@@H]1C[C@]1(CC(=O)[C@@H]1C[C@@H](OCc2ccc(Br)cc2)CN1C(=O)[C@@H](CC(=O)OC1C[C@@H]2C[C@@H]2C1)C(C)(C)C)C(=O)OC. The maximum absolute atomic E-state index is 14.3. The molecule has 0 N–H and O–H groups in total. The molecule has 8 nitrogen and oxygen atoms in total. The largest absolute Gasteiger partial charge is 0.469 e. The van der Waals surface area contributed by atoms with Crippen LogP contribution in [0.5, 0.6) is 0 Å². The molecule has 1 unspecified atom stereocenters. The molecule has 1 aromatic rings. The summed E-state index contributed by atoms with van der Waals surface area (Å²) >= 11 is 3.45. The molecule has 0 radical (unpaired) electrons. The van der Waals surface area contributed by atoms with Gasteiger partial charge in [0.1, 0.15) is 6.10 Å². The van der Waals surface area contributed by atoms with Crippen molar-refractivity contribution in [3.63, 3.8) is 0 Å². The van der Waals surface area contributed by atoms with Crippen molar-refractivity contribution in [2.75, 3.05) is 13.7 Å². The van der Waals surface area contributed by atoms with Crippen molar-refractivity contribution in [1.29, 1.82) is 0 Å². The van der Waals surface area contributed by atoms with Crippen LogP contribution in [0.2, 0.25) is 0 Å². The van der Waals surface area contributed by atoms with E-state index >= 15 is 0 Å². The highest BCUT2D eigenvalue weighted by molar-refractivity contribution is 9.10. The maximum atomic E-state index is 14.3. The van der Waals surface area contributed by atoms with Gasteiger partial charge in [0, 0.05) is 23.9 Å². The van der Waals surface area contributed by atoms with Gasteiger partial charge in [-0.2, -0.15) is 0 Å². The number of methoxy groups -OCH3 is 1. The molecule has 0 spiro atoms. The predicted octanol–water partition coefficient (Wildman–Crippen LogP) is 5.88. The Morgan fingerprint density at radius 3 is 2.28 bits per heavy atom. The quantitative estimate of drug-likeness (QED) is 0.259. The number of amides is 1. The number of carbonyl (C=O) groups excluding carboxylic acids is 4. The lowest BCUT2D eigenvalue weighted by Gasteiger charge is -2.35. The Hall–Kier alpha value is -2.26. The zero-order valence-electron chi connectivity index (χ0n) is 26.1. The van der Waals surface area contributed by atoms with Gasteiger partial charge in [-0.3, -0.25) is 19.2 Å². The number of carbonyl (C=O) groups is 4. The number of fused-ring (bicyclic) bond motifs is 1. The Bertz CT molecular complexity index is 1220. The van der Waals surface area contributed by atoms with Crippen LogP contribution in [0.15, 0.2) is 28.7 Å². The van der Waals surface area contributed by atoms with Gasteiger partial charge in [0.25, 0.3) is 0 Å².